The first-order chi connectivity index (χ1) is 8.77. The standard InChI is InChI=1S/C10H13ClNO5PS/c1-7(2)16-18(19,15-3)17-8-4-5-10(12(13)14)9(11)6-8/h4-7H,1-3H3. The molecule has 0 heterocycles. The van der Waals surface area contributed by atoms with Crippen molar-refractivity contribution in [1.29, 1.82) is 0 Å². The van der Waals surface area contributed by atoms with Crippen LogP contribution in [0.3, 0.4) is 0 Å². The van der Waals surface area contributed by atoms with Crippen LogP contribution in [-0.2, 0) is 20.9 Å². The molecule has 0 aliphatic carbocycles. The summed E-state index contributed by atoms with van der Waals surface area (Å²) >= 11 is 10.9. The lowest BCUT2D eigenvalue weighted by atomic mass is 10.3. The van der Waals surface area contributed by atoms with Crippen LogP contribution < -0.4 is 4.52 Å². The Bertz CT molecular complexity index is 525. The van der Waals surface area contributed by atoms with Crippen molar-refractivity contribution in [2.24, 2.45) is 0 Å². The average molecular weight is 326 g/mol. The number of nitro groups is 1. The minimum Gasteiger partial charge on any atom is -0.424 e. The Morgan fingerprint density at radius 2 is 2.11 bits per heavy atom. The summed E-state index contributed by atoms with van der Waals surface area (Å²) in [5, 5.41) is 10.6. The van der Waals surface area contributed by atoms with Crippen LogP contribution in [0.1, 0.15) is 13.8 Å². The molecule has 0 N–H and O–H groups in total. The number of hydrogen-bond acceptors (Lipinski definition) is 6. The van der Waals surface area contributed by atoms with E-state index >= 15 is 0 Å². The van der Waals surface area contributed by atoms with Crippen molar-refractivity contribution in [3.63, 3.8) is 0 Å². The van der Waals surface area contributed by atoms with E-state index in [9.17, 15) is 10.1 Å². The van der Waals surface area contributed by atoms with Crippen molar-refractivity contribution >= 4 is 35.8 Å². The summed E-state index contributed by atoms with van der Waals surface area (Å²) in [5.74, 6) is 0.265. The highest BCUT2D eigenvalue weighted by molar-refractivity contribution is 8.07. The first-order valence-electron chi connectivity index (χ1n) is 5.25. The van der Waals surface area contributed by atoms with Crippen LogP contribution in [0.2, 0.25) is 5.02 Å². The molecule has 0 saturated heterocycles. The van der Waals surface area contributed by atoms with Gasteiger partial charge >= 0.3 is 6.72 Å². The molecule has 0 fully saturated rings. The molecule has 0 radical (unpaired) electrons. The van der Waals surface area contributed by atoms with E-state index < -0.39 is 11.6 Å². The van der Waals surface area contributed by atoms with Crippen LogP contribution in [-0.4, -0.2) is 18.1 Å². The lowest BCUT2D eigenvalue weighted by molar-refractivity contribution is -0.384. The molecule has 0 aliphatic heterocycles. The van der Waals surface area contributed by atoms with Crippen molar-refractivity contribution in [3.8, 4) is 5.75 Å². The van der Waals surface area contributed by atoms with Gasteiger partial charge in [0.2, 0.25) is 0 Å². The number of hydrogen-bond donors (Lipinski definition) is 0. The van der Waals surface area contributed by atoms with Crippen molar-refractivity contribution < 1.29 is 18.5 Å². The van der Waals surface area contributed by atoms with E-state index in [2.05, 4.69) is 0 Å². The predicted octanol–water partition coefficient (Wildman–Crippen LogP) is 3.92. The van der Waals surface area contributed by atoms with E-state index in [1.807, 2.05) is 0 Å². The Morgan fingerprint density at radius 3 is 2.53 bits per heavy atom. The number of rotatable bonds is 6. The van der Waals surface area contributed by atoms with Gasteiger partial charge in [0.15, 0.2) is 0 Å². The molecular formula is C10H13ClNO5PS. The Balaban J connectivity index is 2.96. The van der Waals surface area contributed by atoms with Gasteiger partial charge in [-0.3, -0.25) is 14.6 Å². The molecule has 0 aromatic heterocycles. The Labute approximate surface area is 121 Å². The Morgan fingerprint density at radius 1 is 1.47 bits per heavy atom. The van der Waals surface area contributed by atoms with Crippen molar-refractivity contribution in [3.05, 3.63) is 33.3 Å². The van der Waals surface area contributed by atoms with Crippen LogP contribution in [0, 0.1) is 10.1 Å². The molecule has 1 aromatic rings. The van der Waals surface area contributed by atoms with Gasteiger partial charge in [-0.05, 0) is 19.9 Å². The van der Waals surface area contributed by atoms with E-state index in [4.69, 9.17) is 37.0 Å². The van der Waals surface area contributed by atoms with Crippen LogP contribution in [0.25, 0.3) is 0 Å². The maximum absolute atomic E-state index is 10.6. The third-order valence-corrected chi connectivity index (χ3v) is 4.69. The van der Waals surface area contributed by atoms with Crippen molar-refractivity contribution in [1.82, 2.24) is 0 Å². The van der Waals surface area contributed by atoms with Gasteiger partial charge in [-0.2, -0.15) is 0 Å². The fourth-order valence-electron chi connectivity index (χ4n) is 1.18. The zero-order valence-electron chi connectivity index (χ0n) is 10.5. The summed E-state index contributed by atoms with van der Waals surface area (Å²) in [6.07, 6.45) is -0.167. The highest BCUT2D eigenvalue weighted by Crippen LogP contribution is 2.50. The smallest absolute Gasteiger partial charge is 0.380 e. The minimum absolute atomic E-state index is 0.0373. The highest BCUT2D eigenvalue weighted by atomic mass is 35.5. The second-order valence-electron chi connectivity index (χ2n) is 3.75. The van der Waals surface area contributed by atoms with Crippen LogP contribution in [0.15, 0.2) is 18.2 Å². The molecule has 0 amide bonds. The predicted molar refractivity (Wildman–Crippen MR) is 76.2 cm³/mol. The van der Waals surface area contributed by atoms with E-state index in [1.54, 1.807) is 13.8 Å². The number of nitro benzene ring substituents is 1. The first kappa shape index (κ1) is 16.3. The summed E-state index contributed by atoms with van der Waals surface area (Å²) in [7, 11) is 1.39. The molecule has 1 atom stereocenters. The zero-order chi connectivity index (χ0) is 14.6. The van der Waals surface area contributed by atoms with E-state index in [0.29, 0.717) is 0 Å². The SMILES string of the molecule is COP(=S)(Oc1ccc([N+](=O)[O-])c(Cl)c1)OC(C)C. The average Bonchev–Trinajstić information content (AvgIpc) is 2.27. The van der Waals surface area contributed by atoms with Crippen molar-refractivity contribution in [2.45, 2.75) is 20.0 Å². The van der Waals surface area contributed by atoms with E-state index in [1.165, 1.54) is 25.3 Å². The number of halogens is 1. The highest BCUT2D eigenvalue weighted by Gasteiger charge is 2.23. The molecule has 0 bridgehead atoms. The molecule has 106 valence electrons. The first-order valence-corrected chi connectivity index (χ1v) is 8.18. The largest absolute Gasteiger partial charge is 0.424 e. The van der Waals surface area contributed by atoms with Gasteiger partial charge < -0.3 is 9.05 Å². The molecule has 9 heteroatoms. The Kier molecular flexibility index (Phi) is 5.70. The van der Waals surface area contributed by atoms with Gasteiger partial charge in [0.25, 0.3) is 5.69 Å². The van der Waals surface area contributed by atoms with Gasteiger partial charge in [0.05, 0.1) is 11.0 Å². The third kappa shape index (κ3) is 4.71. The van der Waals surface area contributed by atoms with Crippen LogP contribution in [0.5, 0.6) is 5.75 Å². The number of benzene rings is 1. The molecule has 19 heavy (non-hydrogen) atoms. The maximum Gasteiger partial charge on any atom is 0.380 e. The fourth-order valence-corrected chi connectivity index (χ4v) is 3.29. The molecular weight excluding hydrogens is 313 g/mol. The third-order valence-electron chi connectivity index (χ3n) is 1.90. The molecule has 1 rings (SSSR count). The molecule has 0 saturated carbocycles. The maximum atomic E-state index is 10.6. The van der Waals surface area contributed by atoms with Gasteiger partial charge in [-0.1, -0.05) is 11.6 Å². The second kappa shape index (κ2) is 6.63. The summed E-state index contributed by atoms with van der Waals surface area (Å²) in [5.41, 5.74) is -0.204. The molecule has 0 aliphatic rings. The molecule has 6 nitrogen and oxygen atoms in total. The normalized spacial score (nSPS) is 14.2. The Hall–Kier alpha value is -0.720. The minimum atomic E-state index is -2.93. The monoisotopic (exact) mass is 325 g/mol. The van der Waals surface area contributed by atoms with Crippen molar-refractivity contribution in [2.75, 3.05) is 7.11 Å². The fraction of sp³-hybridized carbons (Fsp3) is 0.400. The summed E-state index contributed by atoms with van der Waals surface area (Å²) < 4.78 is 15.9. The lowest BCUT2D eigenvalue weighted by Crippen LogP contribution is -2.06. The summed E-state index contributed by atoms with van der Waals surface area (Å²) in [4.78, 5) is 10.1. The van der Waals surface area contributed by atoms with Gasteiger partial charge in [-0.15, -0.1) is 0 Å². The summed E-state index contributed by atoms with van der Waals surface area (Å²) in [6, 6.07) is 3.94. The topological polar surface area (TPSA) is 70.8 Å². The lowest BCUT2D eigenvalue weighted by Gasteiger charge is -2.22. The van der Waals surface area contributed by atoms with Gasteiger partial charge in [0, 0.05) is 31.0 Å². The van der Waals surface area contributed by atoms with Gasteiger partial charge in [-0.25, -0.2) is 0 Å². The van der Waals surface area contributed by atoms with Crippen LogP contribution >= 0.6 is 18.3 Å². The summed E-state index contributed by atoms with van der Waals surface area (Å²) in [6.45, 7) is 0.664. The van der Waals surface area contributed by atoms with Gasteiger partial charge in [0.1, 0.15) is 10.8 Å². The zero-order valence-corrected chi connectivity index (χ0v) is 13.0. The molecule has 0 spiro atoms. The van der Waals surface area contributed by atoms with E-state index in [0.717, 1.165) is 0 Å². The molecule has 1 aromatic carbocycles. The van der Waals surface area contributed by atoms with Crippen LogP contribution in [0.4, 0.5) is 5.69 Å². The van der Waals surface area contributed by atoms with E-state index in [-0.39, 0.29) is 22.6 Å². The quantitative estimate of drug-likeness (QED) is 0.448. The second-order valence-corrected chi connectivity index (χ2v) is 7.15. The molecule has 1 unspecified atom stereocenters. The number of nitrogens with zero attached hydrogens (tertiary/aromatic N) is 1.